The summed E-state index contributed by atoms with van der Waals surface area (Å²) in [5, 5.41) is 18.3. The van der Waals surface area contributed by atoms with E-state index < -0.39 is 25.4 Å². The number of rotatable bonds is 3. The van der Waals surface area contributed by atoms with Crippen molar-refractivity contribution in [2.75, 3.05) is 0 Å². The summed E-state index contributed by atoms with van der Waals surface area (Å²) in [6.07, 6.45) is 3.30. The molecule has 1 saturated heterocycles. The molecule has 18 heavy (non-hydrogen) atoms. The van der Waals surface area contributed by atoms with Crippen molar-refractivity contribution in [1.29, 1.82) is 10.5 Å². The molecule has 0 aromatic carbocycles. The van der Waals surface area contributed by atoms with Crippen LogP contribution in [0.5, 0.6) is 0 Å². The summed E-state index contributed by atoms with van der Waals surface area (Å²) in [7, 11) is 0. The molecule has 0 aromatic heterocycles. The molecule has 1 rings (SSSR count). The molecule has 1 aliphatic rings. The van der Waals surface area contributed by atoms with E-state index in [9.17, 15) is 3.74 Å². The molecule has 0 saturated carbocycles. The standard InChI is InChI=1S/C12H15AsN2O3/c1-5-10(6-2)7-13(16)17-11(3,8-14)12(4,9-15)18-13/h5-6H,1,7H2,2-4H3/b10-6+. The van der Waals surface area contributed by atoms with Gasteiger partial charge in [0, 0.05) is 0 Å². The van der Waals surface area contributed by atoms with Crippen LogP contribution in [0.15, 0.2) is 24.3 Å². The molecule has 2 unspecified atom stereocenters. The Bertz CT molecular complexity index is 496. The Labute approximate surface area is 110 Å². The first-order valence-corrected chi connectivity index (χ1v) is 9.01. The van der Waals surface area contributed by atoms with Gasteiger partial charge in [0.2, 0.25) is 0 Å². The van der Waals surface area contributed by atoms with Crippen molar-refractivity contribution in [2.24, 2.45) is 0 Å². The third-order valence-electron chi connectivity index (χ3n) is 2.99. The summed E-state index contributed by atoms with van der Waals surface area (Å²) in [6.45, 7) is 8.21. The number of nitrogens with zero attached hydrogens (tertiary/aromatic N) is 2. The summed E-state index contributed by atoms with van der Waals surface area (Å²) in [4.78, 5) is 0. The SMILES string of the molecule is C=C/C(=C\C)C[As]1(=O)OC(C)(C#N)C(C)(C#N)O1. The van der Waals surface area contributed by atoms with Gasteiger partial charge in [-0.3, -0.25) is 0 Å². The summed E-state index contributed by atoms with van der Waals surface area (Å²) in [6, 6.07) is 3.75. The average Bonchev–Trinajstić information content (AvgIpc) is 2.55. The summed E-state index contributed by atoms with van der Waals surface area (Å²) < 4.78 is 23.2. The van der Waals surface area contributed by atoms with Crippen LogP contribution in [0.3, 0.4) is 0 Å². The maximum atomic E-state index is 12.5. The van der Waals surface area contributed by atoms with Crippen LogP contribution in [0.1, 0.15) is 20.8 Å². The molecule has 1 fully saturated rings. The Hall–Kier alpha value is -1.26. The molecule has 2 atom stereocenters. The molecule has 5 nitrogen and oxygen atoms in total. The van der Waals surface area contributed by atoms with E-state index in [1.54, 1.807) is 19.1 Å². The average molecular weight is 310 g/mol. The van der Waals surface area contributed by atoms with Crippen LogP contribution in [0.25, 0.3) is 0 Å². The zero-order valence-corrected chi connectivity index (χ0v) is 12.5. The van der Waals surface area contributed by atoms with E-state index >= 15 is 0 Å². The predicted octanol–water partition coefficient (Wildman–Crippen LogP) is 2.10. The van der Waals surface area contributed by atoms with E-state index in [0.717, 1.165) is 0 Å². The van der Waals surface area contributed by atoms with E-state index in [1.165, 1.54) is 13.8 Å². The molecule has 1 aliphatic heterocycles. The number of hydrogen-bond acceptors (Lipinski definition) is 5. The number of hydrogen-bond donors (Lipinski definition) is 0. The molecule has 0 N–H and O–H groups in total. The van der Waals surface area contributed by atoms with E-state index in [0.29, 0.717) is 5.57 Å². The zero-order chi connectivity index (χ0) is 14.0. The summed E-state index contributed by atoms with van der Waals surface area (Å²) >= 11 is -4.22. The maximum absolute atomic E-state index is 12.5. The van der Waals surface area contributed by atoms with Gasteiger partial charge in [-0.05, 0) is 0 Å². The van der Waals surface area contributed by atoms with Crippen LogP contribution < -0.4 is 0 Å². The third-order valence-corrected chi connectivity index (χ3v) is 7.27. The van der Waals surface area contributed by atoms with Crippen molar-refractivity contribution < 1.29 is 11.2 Å². The third kappa shape index (κ3) is 2.31. The second-order valence-corrected chi connectivity index (χ2v) is 8.30. The summed E-state index contributed by atoms with van der Waals surface area (Å²) in [5.41, 5.74) is -2.33. The van der Waals surface area contributed by atoms with Crippen LogP contribution in [0, 0.1) is 22.7 Å². The van der Waals surface area contributed by atoms with E-state index in [-0.39, 0.29) is 5.21 Å². The Kier molecular flexibility index (Phi) is 3.93. The molecule has 0 spiro atoms. The second-order valence-electron chi connectivity index (χ2n) is 4.31. The van der Waals surface area contributed by atoms with E-state index in [1.807, 2.05) is 12.1 Å². The van der Waals surface area contributed by atoms with Crippen molar-refractivity contribution in [3.63, 3.8) is 0 Å². The van der Waals surface area contributed by atoms with Gasteiger partial charge in [0.15, 0.2) is 0 Å². The Morgan fingerprint density at radius 3 is 2.06 bits per heavy atom. The molecular weight excluding hydrogens is 295 g/mol. The van der Waals surface area contributed by atoms with Gasteiger partial charge in [0.25, 0.3) is 0 Å². The Morgan fingerprint density at radius 1 is 1.33 bits per heavy atom. The number of allylic oxidation sites excluding steroid dienone is 3. The van der Waals surface area contributed by atoms with Crippen molar-refractivity contribution >= 4 is 14.2 Å². The van der Waals surface area contributed by atoms with Gasteiger partial charge >= 0.3 is 110 Å². The second kappa shape index (κ2) is 4.78. The van der Waals surface area contributed by atoms with Crippen LogP contribution in [-0.2, 0) is 11.2 Å². The monoisotopic (exact) mass is 310 g/mol. The minimum absolute atomic E-state index is 0.0623. The fourth-order valence-electron chi connectivity index (χ4n) is 1.57. The van der Waals surface area contributed by atoms with Crippen LogP contribution in [-0.4, -0.2) is 25.4 Å². The molecule has 1 heterocycles. The van der Waals surface area contributed by atoms with Gasteiger partial charge in [0.05, 0.1) is 0 Å². The molecule has 0 aliphatic carbocycles. The van der Waals surface area contributed by atoms with E-state index in [4.69, 9.17) is 18.0 Å². The van der Waals surface area contributed by atoms with Crippen molar-refractivity contribution in [1.82, 2.24) is 0 Å². The fourth-order valence-corrected chi connectivity index (χ4v) is 6.74. The molecule has 0 radical (unpaired) electrons. The van der Waals surface area contributed by atoms with Crippen molar-refractivity contribution in [2.45, 2.75) is 37.2 Å². The Morgan fingerprint density at radius 2 is 1.78 bits per heavy atom. The van der Waals surface area contributed by atoms with Crippen LogP contribution in [0.2, 0.25) is 5.21 Å². The quantitative estimate of drug-likeness (QED) is 0.589. The van der Waals surface area contributed by atoms with Crippen molar-refractivity contribution in [3.8, 4) is 12.1 Å². The van der Waals surface area contributed by atoms with Gasteiger partial charge in [-0.15, -0.1) is 0 Å². The Balaban J connectivity index is 3.13. The number of nitriles is 2. The van der Waals surface area contributed by atoms with E-state index in [2.05, 4.69) is 6.58 Å². The molecule has 0 amide bonds. The van der Waals surface area contributed by atoms with Crippen LogP contribution >= 0.6 is 0 Å². The van der Waals surface area contributed by atoms with Gasteiger partial charge in [-0.25, -0.2) is 0 Å². The first kappa shape index (κ1) is 14.8. The van der Waals surface area contributed by atoms with Gasteiger partial charge in [-0.1, -0.05) is 0 Å². The van der Waals surface area contributed by atoms with Gasteiger partial charge in [0.1, 0.15) is 0 Å². The first-order valence-electron chi connectivity index (χ1n) is 5.39. The molecular formula is C12H15AsN2O3. The fraction of sp³-hybridized carbons (Fsp3) is 0.500. The first-order chi connectivity index (χ1) is 8.28. The molecule has 6 heteroatoms. The van der Waals surface area contributed by atoms with Gasteiger partial charge < -0.3 is 0 Å². The molecule has 96 valence electrons. The molecule has 0 aromatic rings. The topological polar surface area (TPSA) is 83.1 Å². The normalized spacial score (nSPS) is 39.9. The predicted molar refractivity (Wildman–Crippen MR) is 65.4 cm³/mol. The summed E-state index contributed by atoms with van der Waals surface area (Å²) in [5.74, 6) is 0. The minimum atomic E-state index is -4.22. The van der Waals surface area contributed by atoms with Crippen LogP contribution in [0.4, 0.5) is 0 Å². The molecule has 0 bridgehead atoms. The zero-order valence-electron chi connectivity index (χ0n) is 10.6. The van der Waals surface area contributed by atoms with Crippen molar-refractivity contribution in [3.05, 3.63) is 24.3 Å². The van der Waals surface area contributed by atoms with Gasteiger partial charge in [-0.2, -0.15) is 0 Å².